The molecule has 4 nitrogen and oxygen atoms in total. The predicted octanol–water partition coefficient (Wildman–Crippen LogP) is 0.203. The van der Waals surface area contributed by atoms with Crippen LogP contribution in [0.15, 0.2) is 18.2 Å². The molecule has 1 N–H and O–H groups in total. The van der Waals surface area contributed by atoms with E-state index in [1.807, 2.05) is 32.0 Å². The summed E-state index contributed by atoms with van der Waals surface area (Å²) in [5, 5.41) is 18.1. The van der Waals surface area contributed by atoms with Gasteiger partial charge in [-0.1, -0.05) is 6.07 Å². The van der Waals surface area contributed by atoms with E-state index in [9.17, 15) is 9.90 Å². The Morgan fingerprint density at radius 3 is 1.75 bits per heavy atom. The van der Waals surface area contributed by atoms with Gasteiger partial charge in [0.25, 0.3) is 0 Å². The molecule has 0 bridgehead atoms. The Labute approximate surface area is 111 Å². The molecule has 0 fully saturated rings. The molecular formula is C11H16AgNO3. The zero-order chi connectivity index (χ0) is 12.1. The number of rotatable bonds is 1. The van der Waals surface area contributed by atoms with Crippen molar-refractivity contribution in [1.29, 1.82) is 0 Å². The molecule has 0 aromatic carbocycles. The zero-order valence-electron chi connectivity index (χ0n) is 9.74. The van der Waals surface area contributed by atoms with E-state index in [1.54, 1.807) is 0 Å². The zero-order valence-corrected chi connectivity index (χ0v) is 11.2. The van der Waals surface area contributed by atoms with Gasteiger partial charge in [0, 0.05) is 11.4 Å². The number of aliphatic carboxylic acids is 1. The minimum absolute atomic E-state index is 0. The van der Waals surface area contributed by atoms with Crippen LogP contribution in [-0.2, 0) is 27.2 Å². The van der Waals surface area contributed by atoms with E-state index >= 15 is 0 Å². The summed E-state index contributed by atoms with van der Waals surface area (Å²) in [4.78, 5) is 13.8. The number of carbonyl (C=O) groups excluding carboxylic acids is 1. The minimum Gasteiger partial charge on any atom is -0.547 e. The van der Waals surface area contributed by atoms with Crippen molar-refractivity contribution in [2.24, 2.45) is 0 Å². The summed E-state index contributed by atoms with van der Waals surface area (Å²) in [6, 6.07) is 6.00. The van der Waals surface area contributed by atoms with Gasteiger partial charge in [-0.2, -0.15) is 0 Å². The third-order valence-electron chi connectivity index (χ3n) is 1.53. The quantitative estimate of drug-likeness (QED) is 0.751. The molecule has 0 spiro atoms. The normalized spacial score (nSPS) is 9.56. The molecule has 16 heavy (non-hydrogen) atoms. The molecule has 0 aliphatic heterocycles. The van der Waals surface area contributed by atoms with E-state index in [4.69, 9.17) is 5.11 Å². The molecule has 0 atom stereocenters. The average Bonchev–Trinajstić information content (AvgIpc) is 2.02. The summed E-state index contributed by atoms with van der Waals surface area (Å²) in [5.74, 6) is -1.45. The van der Waals surface area contributed by atoms with Gasteiger partial charge in [0.1, 0.15) is 0 Å². The second-order valence-corrected chi connectivity index (χ2v) is 3.77. The van der Waals surface area contributed by atoms with Gasteiger partial charge in [-0.05, 0) is 39.8 Å². The molecule has 0 saturated carbocycles. The number of aliphatic hydroxyl groups is 1. The fourth-order valence-corrected chi connectivity index (χ4v) is 0.679. The Balaban J connectivity index is 0. The summed E-state index contributed by atoms with van der Waals surface area (Å²) >= 11 is 0. The number of hydrogen-bond acceptors (Lipinski definition) is 4. The number of aryl methyl sites for hydroxylation is 2. The van der Waals surface area contributed by atoms with Crippen LogP contribution in [0.25, 0.3) is 0 Å². The van der Waals surface area contributed by atoms with Gasteiger partial charge in [0.2, 0.25) is 0 Å². The molecule has 1 aromatic heterocycles. The molecule has 0 unspecified atom stereocenters. The van der Waals surface area contributed by atoms with Gasteiger partial charge in [0.05, 0.1) is 11.6 Å². The Bertz CT molecular complexity index is 317. The van der Waals surface area contributed by atoms with Crippen molar-refractivity contribution in [3.05, 3.63) is 29.6 Å². The number of carboxylic acids is 1. The molecule has 5 heteroatoms. The summed E-state index contributed by atoms with van der Waals surface area (Å²) in [7, 11) is 0. The number of pyridine rings is 1. The van der Waals surface area contributed by atoms with Gasteiger partial charge in [0.15, 0.2) is 0 Å². The molecule has 1 heterocycles. The van der Waals surface area contributed by atoms with Crippen LogP contribution in [-0.4, -0.2) is 21.7 Å². The number of hydrogen-bond donors (Lipinski definition) is 1. The minimum atomic E-state index is -1.69. The van der Waals surface area contributed by atoms with E-state index < -0.39 is 11.6 Å². The van der Waals surface area contributed by atoms with Crippen molar-refractivity contribution >= 4 is 5.97 Å². The summed E-state index contributed by atoms with van der Waals surface area (Å²) in [5.41, 5.74) is 0.481. The second-order valence-electron chi connectivity index (χ2n) is 3.77. The molecule has 1 aromatic rings. The first-order valence-electron chi connectivity index (χ1n) is 4.57. The molecular weight excluding hydrogens is 302 g/mol. The van der Waals surface area contributed by atoms with Crippen LogP contribution in [0.5, 0.6) is 0 Å². The molecule has 0 aliphatic carbocycles. The largest absolute Gasteiger partial charge is 1.00 e. The molecule has 0 aliphatic rings. The van der Waals surface area contributed by atoms with E-state index in [2.05, 4.69) is 4.98 Å². The van der Waals surface area contributed by atoms with Gasteiger partial charge >= 0.3 is 22.4 Å². The predicted molar refractivity (Wildman–Crippen MR) is 55.0 cm³/mol. The van der Waals surface area contributed by atoms with Crippen LogP contribution in [0.4, 0.5) is 0 Å². The topological polar surface area (TPSA) is 73.2 Å². The fraction of sp³-hybridized carbons (Fsp3) is 0.455. The van der Waals surface area contributed by atoms with Crippen LogP contribution in [0.3, 0.4) is 0 Å². The smallest absolute Gasteiger partial charge is 0.547 e. The summed E-state index contributed by atoms with van der Waals surface area (Å²) in [6.07, 6.45) is 0. The average molecular weight is 318 g/mol. The van der Waals surface area contributed by atoms with Crippen molar-refractivity contribution < 1.29 is 37.4 Å². The SMILES string of the molecule is CC(C)(O)C(=O)[O-].Cc1cccc(C)n1.[Ag+]. The number of aromatic nitrogens is 1. The summed E-state index contributed by atoms with van der Waals surface area (Å²) in [6.45, 7) is 6.30. The molecule has 0 amide bonds. The van der Waals surface area contributed by atoms with E-state index in [-0.39, 0.29) is 22.4 Å². The number of nitrogens with zero attached hydrogens (tertiary/aromatic N) is 1. The maximum atomic E-state index is 9.66. The maximum absolute atomic E-state index is 9.66. The van der Waals surface area contributed by atoms with Crippen LogP contribution >= 0.6 is 0 Å². The Kier molecular flexibility index (Phi) is 8.38. The third kappa shape index (κ3) is 8.61. The van der Waals surface area contributed by atoms with Crippen LogP contribution in [0.2, 0.25) is 0 Å². The van der Waals surface area contributed by atoms with Gasteiger partial charge < -0.3 is 15.0 Å². The van der Waals surface area contributed by atoms with Crippen molar-refractivity contribution in [2.75, 3.05) is 0 Å². The Hall–Kier alpha value is -0.680. The monoisotopic (exact) mass is 317 g/mol. The molecule has 1 rings (SSSR count). The molecule has 0 saturated heterocycles. The number of carbonyl (C=O) groups is 1. The van der Waals surface area contributed by atoms with Crippen molar-refractivity contribution in [1.82, 2.24) is 4.98 Å². The maximum Gasteiger partial charge on any atom is 1.00 e. The Morgan fingerprint density at radius 1 is 1.31 bits per heavy atom. The van der Waals surface area contributed by atoms with Crippen molar-refractivity contribution in [3.8, 4) is 0 Å². The first-order valence-corrected chi connectivity index (χ1v) is 4.57. The molecule has 0 radical (unpaired) electrons. The van der Waals surface area contributed by atoms with Crippen molar-refractivity contribution in [3.63, 3.8) is 0 Å². The van der Waals surface area contributed by atoms with Crippen LogP contribution < -0.4 is 5.11 Å². The number of carboxylic acid groups (broad SMARTS) is 1. The van der Waals surface area contributed by atoms with Crippen molar-refractivity contribution in [2.45, 2.75) is 33.3 Å². The van der Waals surface area contributed by atoms with Gasteiger partial charge in [-0.15, -0.1) is 0 Å². The standard InChI is InChI=1S/C7H9N.C4H8O3.Ag/c1-6-4-3-5-7(2)8-6;1-4(2,7)3(5)6;/h3-5H,1-2H3;7H,1-2H3,(H,5,6);/q;;+1/p-1. The fourth-order valence-electron chi connectivity index (χ4n) is 0.679. The van der Waals surface area contributed by atoms with E-state index in [0.29, 0.717) is 0 Å². The van der Waals surface area contributed by atoms with E-state index in [0.717, 1.165) is 25.2 Å². The Morgan fingerprint density at radius 2 is 1.62 bits per heavy atom. The van der Waals surface area contributed by atoms with Crippen LogP contribution in [0, 0.1) is 13.8 Å². The second kappa shape index (κ2) is 7.57. The molecule has 94 valence electrons. The van der Waals surface area contributed by atoms with Crippen LogP contribution in [0.1, 0.15) is 25.2 Å². The first kappa shape index (κ1) is 17.7. The first-order chi connectivity index (χ1) is 6.73. The van der Waals surface area contributed by atoms with Gasteiger partial charge in [-0.3, -0.25) is 4.98 Å². The summed E-state index contributed by atoms with van der Waals surface area (Å²) < 4.78 is 0. The van der Waals surface area contributed by atoms with Gasteiger partial charge in [-0.25, -0.2) is 0 Å². The third-order valence-corrected chi connectivity index (χ3v) is 1.53. The van der Waals surface area contributed by atoms with E-state index in [1.165, 1.54) is 0 Å².